The van der Waals surface area contributed by atoms with E-state index in [0.29, 0.717) is 30.5 Å². The molecular formula is C19H24ClN5O. The highest BCUT2D eigenvalue weighted by atomic mass is 35.5. The smallest absolute Gasteiger partial charge is 0.274 e. The second kappa shape index (κ2) is 8.36. The topological polar surface area (TPSA) is 61.4 Å². The lowest BCUT2D eigenvalue weighted by molar-refractivity contribution is 0.0739. The van der Waals surface area contributed by atoms with E-state index in [0.717, 1.165) is 30.3 Å². The van der Waals surface area contributed by atoms with Crippen molar-refractivity contribution in [1.29, 1.82) is 0 Å². The Bertz CT molecular complexity index is 742. The molecule has 1 aliphatic rings. The molecule has 2 aromatic rings. The van der Waals surface area contributed by atoms with Crippen LogP contribution in [0.3, 0.4) is 0 Å². The maximum atomic E-state index is 12.6. The molecule has 0 radical (unpaired) electrons. The van der Waals surface area contributed by atoms with Crippen molar-refractivity contribution < 1.29 is 4.79 Å². The third-order valence-corrected chi connectivity index (χ3v) is 4.55. The molecule has 1 aromatic carbocycles. The lowest BCUT2D eigenvalue weighted by Crippen LogP contribution is -2.49. The molecule has 0 aliphatic carbocycles. The monoisotopic (exact) mass is 373 g/mol. The number of piperazine rings is 1. The van der Waals surface area contributed by atoms with E-state index in [9.17, 15) is 4.79 Å². The van der Waals surface area contributed by atoms with Crippen LogP contribution in [0.1, 0.15) is 24.3 Å². The van der Waals surface area contributed by atoms with Gasteiger partial charge in [-0.05, 0) is 36.2 Å². The van der Waals surface area contributed by atoms with Gasteiger partial charge in [-0.3, -0.25) is 4.79 Å². The van der Waals surface area contributed by atoms with Crippen LogP contribution in [0.2, 0.25) is 5.02 Å². The number of aromatic nitrogens is 2. The van der Waals surface area contributed by atoms with Gasteiger partial charge in [-0.15, -0.1) is 10.2 Å². The van der Waals surface area contributed by atoms with Crippen molar-refractivity contribution in [1.82, 2.24) is 15.1 Å². The summed E-state index contributed by atoms with van der Waals surface area (Å²) in [5.41, 5.74) is 1.47. The van der Waals surface area contributed by atoms with Gasteiger partial charge in [-0.2, -0.15) is 0 Å². The van der Waals surface area contributed by atoms with Crippen LogP contribution in [0, 0.1) is 5.92 Å². The van der Waals surface area contributed by atoms with E-state index < -0.39 is 0 Å². The maximum Gasteiger partial charge on any atom is 0.274 e. The second-order valence-electron chi connectivity index (χ2n) is 6.84. The molecule has 6 nitrogen and oxygen atoms in total. The standard InChI is InChI=1S/C19H24ClN5O/c1-14(2)13-21-18-7-6-17(22-23-18)19(26)25-10-8-24(9-11-25)16-5-3-4-15(20)12-16/h3-7,12,14H,8-11,13H2,1-2H3,(H,21,23). The van der Waals surface area contributed by atoms with Crippen molar-refractivity contribution in [3.63, 3.8) is 0 Å². The van der Waals surface area contributed by atoms with Crippen LogP contribution in [-0.4, -0.2) is 53.7 Å². The van der Waals surface area contributed by atoms with E-state index in [1.54, 1.807) is 6.07 Å². The first kappa shape index (κ1) is 18.5. The molecule has 1 amide bonds. The predicted molar refractivity (Wildman–Crippen MR) is 105 cm³/mol. The molecule has 3 rings (SSSR count). The number of rotatable bonds is 5. The van der Waals surface area contributed by atoms with Gasteiger partial charge in [0.25, 0.3) is 5.91 Å². The van der Waals surface area contributed by atoms with Gasteiger partial charge in [0.15, 0.2) is 5.69 Å². The van der Waals surface area contributed by atoms with E-state index in [4.69, 9.17) is 11.6 Å². The van der Waals surface area contributed by atoms with Crippen LogP contribution in [-0.2, 0) is 0 Å². The van der Waals surface area contributed by atoms with Crippen LogP contribution in [0.25, 0.3) is 0 Å². The molecule has 1 aromatic heterocycles. The van der Waals surface area contributed by atoms with Gasteiger partial charge in [0.1, 0.15) is 5.82 Å². The average molecular weight is 374 g/mol. The van der Waals surface area contributed by atoms with E-state index in [2.05, 4.69) is 34.3 Å². The van der Waals surface area contributed by atoms with Gasteiger partial charge < -0.3 is 15.1 Å². The number of benzene rings is 1. The predicted octanol–water partition coefficient (Wildman–Crippen LogP) is 3.16. The van der Waals surface area contributed by atoms with Crippen LogP contribution in [0.5, 0.6) is 0 Å². The number of halogens is 1. The zero-order chi connectivity index (χ0) is 18.5. The molecule has 7 heteroatoms. The molecule has 138 valence electrons. The van der Waals surface area contributed by atoms with Crippen LogP contribution in [0.4, 0.5) is 11.5 Å². The van der Waals surface area contributed by atoms with E-state index in [1.807, 2.05) is 35.2 Å². The van der Waals surface area contributed by atoms with E-state index in [-0.39, 0.29) is 5.91 Å². The van der Waals surface area contributed by atoms with Crippen molar-refractivity contribution in [2.45, 2.75) is 13.8 Å². The van der Waals surface area contributed by atoms with Crippen LogP contribution < -0.4 is 10.2 Å². The summed E-state index contributed by atoms with van der Waals surface area (Å²) < 4.78 is 0. The first-order valence-corrected chi connectivity index (χ1v) is 9.28. The fourth-order valence-corrected chi connectivity index (χ4v) is 3.04. The Balaban J connectivity index is 1.56. The van der Waals surface area contributed by atoms with E-state index >= 15 is 0 Å². The molecule has 0 bridgehead atoms. The average Bonchev–Trinajstić information content (AvgIpc) is 2.66. The Hall–Kier alpha value is -2.34. The fourth-order valence-electron chi connectivity index (χ4n) is 2.85. The van der Waals surface area contributed by atoms with Gasteiger partial charge in [-0.1, -0.05) is 31.5 Å². The summed E-state index contributed by atoms with van der Waals surface area (Å²) in [6.07, 6.45) is 0. The third-order valence-electron chi connectivity index (χ3n) is 4.32. The summed E-state index contributed by atoms with van der Waals surface area (Å²) in [5.74, 6) is 1.15. The van der Waals surface area contributed by atoms with Crippen molar-refractivity contribution >= 4 is 29.0 Å². The minimum atomic E-state index is -0.0707. The Morgan fingerprint density at radius 1 is 1.15 bits per heavy atom. The van der Waals surface area contributed by atoms with Crippen molar-refractivity contribution in [2.24, 2.45) is 5.92 Å². The lowest BCUT2D eigenvalue weighted by Gasteiger charge is -2.36. The molecule has 1 aliphatic heterocycles. The highest BCUT2D eigenvalue weighted by Gasteiger charge is 2.23. The summed E-state index contributed by atoms with van der Waals surface area (Å²) in [6, 6.07) is 11.3. The fraction of sp³-hybridized carbons (Fsp3) is 0.421. The van der Waals surface area contributed by atoms with Crippen LogP contribution >= 0.6 is 11.6 Å². The molecule has 0 spiro atoms. The molecule has 0 atom stereocenters. The quantitative estimate of drug-likeness (QED) is 0.872. The molecule has 0 saturated carbocycles. The molecule has 26 heavy (non-hydrogen) atoms. The van der Waals surface area contributed by atoms with Gasteiger partial charge in [0.2, 0.25) is 0 Å². The van der Waals surface area contributed by atoms with Gasteiger partial charge >= 0.3 is 0 Å². The summed E-state index contributed by atoms with van der Waals surface area (Å²) >= 11 is 6.06. The maximum absolute atomic E-state index is 12.6. The minimum Gasteiger partial charge on any atom is -0.368 e. The number of hydrogen-bond donors (Lipinski definition) is 1. The van der Waals surface area contributed by atoms with Crippen molar-refractivity contribution in [3.05, 3.63) is 47.1 Å². The summed E-state index contributed by atoms with van der Waals surface area (Å²) in [4.78, 5) is 16.7. The molecule has 0 unspecified atom stereocenters. The normalized spacial score (nSPS) is 14.6. The number of nitrogens with one attached hydrogen (secondary N) is 1. The molecule has 1 saturated heterocycles. The number of carbonyl (C=O) groups excluding carboxylic acids is 1. The number of anilines is 2. The minimum absolute atomic E-state index is 0.0707. The van der Waals surface area contributed by atoms with Crippen LogP contribution in [0.15, 0.2) is 36.4 Å². The van der Waals surface area contributed by atoms with E-state index in [1.165, 1.54) is 0 Å². The highest BCUT2D eigenvalue weighted by Crippen LogP contribution is 2.21. The van der Waals surface area contributed by atoms with Gasteiger partial charge in [-0.25, -0.2) is 0 Å². The Morgan fingerprint density at radius 2 is 1.92 bits per heavy atom. The number of nitrogens with zero attached hydrogens (tertiary/aromatic N) is 4. The number of carbonyl (C=O) groups is 1. The Kier molecular flexibility index (Phi) is 5.93. The second-order valence-corrected chi connectivity index (χ2v) is 7.27. The molecule has 1 fully saturated rings. The number of amides is 1. The summed E-state index contributed by atoms with van der Waals surface area (Å²) in [7, 11) is 0. The first-order chi connectivity index (χ1) is 12.5. The molecular weight excluding hydrogens is 350 g/mol. The highest BCUT2D eigenvalue weighted by molar-refractivity contribution is 6.30. The molecule has 1 N–H and O–H groups in total. The Morgan fingerprint density at radius 3 is 2.54 bits per heavy atom. The van der Waals surface area contributed by atoms with Gasteiger partial charge in [0, 0.05) is 43.4 Å². The van der Waals surface area contributed by atoms with Crippen molar-refractivity contribution in [2.75, 3.05) is 42.9 Å². The zero-order valence-corrected chi connectivity index (χ0v) is 15.9. The number of hydrogen-bond acceptors (Lipinski definition) is 5. The zero-order valence-electron chi connectivity index (χ0n) is 15.2. The summed E-state index contributed by atoms with van der Waals surface area (Å²) in [5, 5.41) is 12.1. The SMILES string of the molecule is CC(C)CNc1ccc(C(=O)N2CCN(c3cccc(Cl)c3)CC2)nn1. The molecule has 2 heterocycles. The van der Waals surface area contributed by atoms with Crippen molar-refractivity contribution in [3.8, 4) is 0 Å². The lowest BCUT2D eigenvalue weighted by atomic mass is 10.2. The first-order valence-electron chi connectivity index (χ1n) is 8.90. The Labute approximate surface area is 159 Å². The third kappa shape index (κ3) is 4.64. The van der Waals surface area contributed by atoms with Gasteiger partial charge in [0.05, 0.1) is 0 Å². The largest absolute Gasteiger partial charge is 0.368 e. The summed E-state index contributed by atoms with van der Waals surface area (Å²) in [6.45, 7) is 7.93.